The molecule has 7 N–H and O–H groups in total. The fraction of sp³-hybridized carbons (Fsp3) is 0.762. The molecule has 0 aliphatic carbocycles. The van der Waals surface area contributed by atoms with Crippen molar-refractivity contribution in [2.45, 2.75) is 89.4 Å². The van der Waals surface area contributed by atoms with E-state index in [1.165, 1.54) is 13.8 Å². The topological polar surface area (TPSA) is 230 Å². The van der Waals surface area contributed by atoms with Crippen LogP contribution in [0.5, 0.6) is 0 Å². The van der Waals surface area contributed by atoms with Gasteiger partial charge in [0.1, 0.15) is 42.5 Å². The third kappa shape index (κ3) is 9.31. The number of carbonyl (C=O) groups excluding carboxylic acids is 4. The van der Waals surface area contributed by atoms with Gasteiger partial charge in [-0.2, -0.15) is 0 Å². The fourth-order valence-electron chi connectivity index (χ4n) is 3.38. The van der Waals surface area contributed by atoms with Crippen LogP contribution in [0.4, 0.5) is 0 Å². The zero-order valence-corrected chi connectivity index (χ0v) is 20.5. The normalized spacial score (nSPS) is 26.1. The first-order valence-electron chi connectivity index (χ1n) is 11.4. The third-order valence-electron chi connectivity index (χ3n) is 5.26. The van der Waals surface area contributed by atoms with Crippen LogP contribution in [0.1, 0.15) is 40.5 Å². The van der Waals surface area contributed by atoms with Gasteiger partial charge >= 0.3 is 11.9 Å². The highest BCUT2D eigenvalue weighted by Gasteiger charge is 2.47. The molecule has 0 bridgehead atoms. The van der Waals surface area contributed by atoms with Crippen molar-refractivity contribution in [1.29, 1.82) is 0 Å². The summed E-state index contributed by atoms with van der Waals surface area (Å²) in [5.74, 6) is -4.18. The minimum Gasteiger partial charge on any atom is -0.481 e. The third-order valence-corrected chi connectivity index (χ3v) is 5.26. The molecule has 1 aliphatic heterocycles. The van der Waals surface area contributed by atoms with Crippen molar-refractivity contribution in [3.63, 3.8) is 0 Å². The number of aliphatic hydroxyl groups excluding tert-OH is 3. The van der Waals surface area contributed by atoms with E-state index < -0.39 is 91.5 Å². The molecule has 206 valence electrons. The monoisotopic (exact) mass is 521 g/mol. The summed E-state index contributed by atoms with van der Waals surface area (Å²) < 4.78 is 15.5. The second-order valence-electron chi connectivity index (χ2n) is 8.18. The smallest absolute Gasteiger partial charge is 0.328 e. The molecule has 15 heteroatoms. The molecule has 0 unspecified atom stereocenters. The quantitative estimate of drug-likeness (QED) is 0.119. The zero-order valence-electron chi connectivity index (χ0n) is 20.5. The summed E-state index contributed by atoms with van der Waals surface area (Å²) in [7, 11) is 0. The average molecular weight is 522 g/mol. The number of aliphatic carboxylic acids is 1. The number of ether oxygens (including phenoxy) is 3. The van der Waals surface area contributed by atoms with Gasteiger partial charge in [0.15, 0.2) is 6.29 Å². The van der Waals surface area contributed by atoms with Gasteiger partial charge in [0.25, 0.3) is 0 Å². The summed E-state index contributed by atoms with van der Waals surface area (Å²) in [5.41, 5.74) is 0. The molecule has 0 aromatic carbocycles. The predicted octanol–water partition coefficient (Wildman–Crippen LogP) is -3.25. The van der Waals surface area contributed by atoms with Crippen molar-refractivity contribution in [2.24, 2.45) is 0 Å². The van der Waals surface area contributed by atoms with E-state index >= 15 is 0 Å². The minimum atomic E-state index is -1.65. The van der Waals surface area contributed by atoms with Crippen LogP contribution in [0.15, 0.2) is 0 Å². The summed E-state index contributed by atoms with van der Waals surface area (Å²) in [6.07, 6.45) is -7.71. The second kappa shape index (κ2) is 14.6. The van der Waals surface area contributed by atoms with E-state index in [-0.39, 0.29) is 13.0 Å². The lowest BCUT2D eigenvalue weighted by Crippen LogP contribution is -2.65. The molecular weight excluding hydrogens is 486 g/mol. The van der Waals surface area contributed by atoms with Crippen molar-refractivity contribution in [3.8, 4) is 0 Å². The molecule has 0 aromatic heterocycles. The maximum atomic E-state index is 12.6. The van der Waals surface area contributed by atoms with Gasteiger partial charge in [-0.25, -0.2) is 4.79 Å². The highest BCUT2D eigenvalue weighted by molar-refractivity contribution is 5.91. The summed E-state index contributed by atoms with van der Waals surface area (Å²) >= 11 is 0. The fourth-order valence-corrected chi connectivity index (χ4v) is 3.38. The Morgan fingerprint density at radius 3 is 2.22 bits per heavy atom. The molecular formula is C21H35N3O12. The number of carboxylic acid groups (broad SMARTS) is 1. The molecule has 1 aliphatic rings. The predicted molar refractivity (Wildman–Crippen MR) is 119 cm³/mol. The van der Waals surface area contributed by atoms with E-state index in [1.54, 1.807) is 6.92 Å². The minimum absolute atomic E-state index is 0.0167. The van der Waals surface area contributed by atoms with E-state index in [0.717, 1.165) is 6.92 Å². The van der Waals surface area contributed by atoms with E-state index in [0.29, 0.717) is 0 Å². The Hall–Kier alpha value is -2.85. The molecule has 15 nitrogen and oxygen atoms in total. The van der Waals surface area contributed by atoms with Crippen LogP contribution in [0, 0.1) is 0 Å². The second-order valence-corrected chi connectivity index (χ2v) is 8.18. The summed E-state index contributed by atoms with van der Waals surface area (Å²) in [6.45, 7) is 4.65. The SMILES string of the molecule is CCOC(=O)[C@@H](CCC(=O)O)NC(=O)[C@H](C)NC(=O)[C@@H](C)O[C@H]1[C@H](O)[C@@H](CO)O[C@@H](O)[C@@H]1NC(C)=O. The Morgan fingerprint density at radius 1 is 1.06 bits per heavy atom. The van der Waals surface area contributed by atoms with Gasteiger partial charge in [-0.3, -0.25) is 19.2 Å². The number of nitrogens with one attached hydrogen (secondary N) is 3. The number of carbonyl (C=O) groups is 5. The zero-order chi connectivity index (χ0) is 27.6. The number of esters is 1. The molecule has 8 atom stereocenters. The highest BCUT2D eigenvalue weighted by Crippen LogP contribution is 2.23. The molecule has 36 heavy (non-hydrogen) atoms. The number of carboxylic acids is 1. The van der Waals surface area contributed by atoms with Gasteiger partial charge in [0, 0.05) is 13.3 Å². The molecule has 1 rings (SSSR count). The number of amides is 3. The number of aliphatic hydroxyl groups is 3. The standard InChI is InChI=1S/C21H35N3O12/c1-5-34-20(32)12(6-7-14(27)28)24-18(30)9(2)22-19(31)10(3)35-17-15(23-11(4)26)21(33)36-13(8-25)16(17)29/h9-10,12-13,15-17,21,25,29,33H,5-8H2,1-4H3,(H,22,31)(H,23,26)(H,24,30)(H,27,28)/t9-,10+,12+,13+,15+,16+,17+,21+/m0/s1. The van der Waals surface area contributed by atoms with Gasteiger partial charge in [0.2, 0.25) is 17.7 Å². The molecule has 0 spiro atoms. The number of rotatable bonds is 13. The van der Waals surface area contributed by atoms with Crippen LogP contribution in [0.3, 0.4) is 0 Å². The highest BCUT2D eigenvalue weighted by atomic mass is 16.6. The average Bonchev–Trinajstić information content (AvgIpc) is 2.80. The van der Waals surface area contributed by atoms with Crippen LogP contribution in [-0.2, 0) is 38.2 Å². The molecule has 0 saturated carbocycles. The van der Waals surface area contributed by atoms with Crippen LogP contribution < -0.4 is 16.0 Å². The summed E-state index contributed by atoms with van der Waals surface area (Å²) in [5, 5.41) is 45.9. The van der Waals surface area contributed by atoms with E-state index in [1.807, 2.05) is 0 Å². The lowest BCUT2D eigenvalue weighted by atomic mass is 9.96. The van der Waals surface area contributed by atoms with Crippen molar-refractivity contribution in [3.05, 3.63) is 0 Å². The summed E-state index contributed by atoms with van der Waals surface area (Å²) in [6, 6.07) is -3.70. The van der Waals surface area contributed by atoms with Gasteiger partial charge < -0.3 is 50.6 Å². The number of hydrogen-bond acceptors (Lipinski definition) is 11. The maximum Gasteiger partial charge on any atom is 0.328 e. The Balaban J connectivity index is 2.83. The van der Waals surface area contributed by atoms with E-state index in [4.69, 9.17) is 19.3 Å². The van der Waals surface area contributed by atoms with Crippen LogP contribution in [0.2, 0.25) is 0 Å². The van der Waals surface area contributed by atoms with Gasteiger partial charge in [-0.15, -0.1) is 0 Å². The Bertz CT molecular complexity index is 794. The first kappa shape index (κ1) is 31.2. The Morgan fingerprint density at radius 2 is 1.69 bits per heavy atom. The van der Waals surface area contributed by atoms with Crippen molar-refractivity contribution in [1.82, 2.24) is 16.0 Å². The molecule has 1 heterocycles. The van der Waals surface area contributed by atoms with Crippen LogP contribution in [-0.4, -0.2) is 112 Å². The van der Waals surface area contributed by atoms with Crippen LogP contribution in [0.25, 0.3) is 0 Å². The number of hydrogen-bond donors (Lipinski definition) is 7. The molecule has 0 aromatic rings. The van der Waals surface area contributed by atoms with Crippen molar-refractivity contribution in [2.75, 3.05) is 13.2 Å². The molecule has 1 fully saturated rings. The Labute approximate surface area is 207 Å². The first-order chi connectivity index (χ1) is 16.8. The van der Waals surface area contributed by atoms with Crippen molar-refractivity contribution >= 4 is 29.7 Å². The molecule has 1 saturated heterocycles. The van der Waals surface area contributed by atoms with Gasteiger partial charge in [-0.1, -0.05) is 0 Å². The maximum absolute atomic E-state index is 12.6. The van der Waals surface area contributed by atoms with Crippen molar-refractivity contribution < 1.29 is 58.6 Å². The largest absolute Gasteiger partial charge is 0.481 e. The first-order valence-corrected chi connectivity index (χ1v) is 11.4. The Kier molecular flexibility index (Phi) is 12.7. The lowest BCUT2D eigenvalue weighted by Gasteiger charge is -2.43. The van der Waals surface area contributed by atoms with E-state index in [9.17, 15) is 39.3 Å². The summed E-state index contributed by atoms with van der Waals surface area (Å²) in [4.78, 5) is 59.5. The molecule has 3 amide bonds. The van der Waals surface area contributed by atoms with Gasteiger partial charge in [-0.05, 0) is 27.2 Å². The lowest BCUT2D eigenvalue weighted by molar-refractivity contribution is -0.266. The van der Waals surface area contributed by atoms with Gasteiger partial charge in [0.05, 0.1) is 13.2 Å². The van der Waals surface area contributed by atoms with E-state index in [2.05, 4.69) is 16.0 Å². The molecule has 0 radical (unpaired) electrons. The van der Waals surface area contributed by atoms with Crippen LogP contribution >= 0.6 is 0 Å².